The molecule has 0 amide bonds. The smallest absolute Gasteiger partial charge is 0.101 e. The third-order valence-electron chi connectivity index (χ3n) is 2.30. The molecule has 0 aliphatic carbocycles. The zero-order valence-electron chi connectivity index (χ0n) is 9.16. The predicted octanol–water partition coefficient (Wildman–Crippen LogP) is 2.41. The van der Waals surface area contributed by atoms with Crippen LogP contribution >= 0.6 is 0 Å². The molecule has 0 rings (SSSR count). The van der Waals surface area contributed by atoms with Gasteiger partial charge in [-0.15, -0.1) is 0 Å². The third-order valence-corrected chi connectivity index (χ3v) is 2.30. The van der Waals surface area contributed by atoms with E-state index in [-0.39, 0.29) is 42.9 Å². The summed E-state index contributed by atoms with van der Waals surface area (Å²) in [6.45, 7) is 9.93. The van der Waals surface area contributed by atoms with Crippen LogP contribution in [0.15, 0.2) is 4.99 Å². The van der Waals surface area contributed by atoms with Gasteiger partial charge in [-0.3, -0.25) is 4.99 Å². The summed E-state index contributed by atoms with van der Waals surface area (Å²) in [5.74, 6) is 0. The van der Waals surface area contributed by atoms with Crippen molar-refractivity contribution in [2.45, 2.75) is 59.1 Å². The van der Waals surface area contributed by atoms with Gasteiger partial charge in [0.15, 0.2) is 0 Å². The summed E-state index contributed by atoms with van der Waals surface area (Å²) in [6.07, 6.45) is 1.48. The molecule has 1 N–H and O–H groups in total. The molecular weight excluding hydrogens is 319 g/mol. The number of nitrogens with zero attached hydrogens (tertiary/aromatic N) is 1. The Hall–Kier alpha value is 0.864. The molecule has 0 aromatic carbocycles. The molecule has 0 heterocycles. The van der Waals surface area contributed by atoms with Crippen LogP contribution in [0.4, 0.5) is 0 Å². The molecule has 0 spiro atoms. The van der Waals surface area contributed by atoms with Crippen molar-refractivity contribution in [3.05, 3.63) is 0 Å². The SMILES string of the molecule is CCC(O)(CC)C(C)=NC(C)C.[Tm]. The summed E-state index contributed by atoms with van der Waals surface area (Å²) in [7, 11) is 0. The topological polar surface area (TPSA) is 32.6 Å². The first kappa shape index (κ1) is 16.3. The number of hydrogen-bond acceptors (Lipinski definition) is 2. The molecule has 0 saturated carbocycles. The second-order valence-corrected chi connectivity index (χ2v) is 3.55. The van der Waals surface area contributed by atoms with Crippen LogP contribution < -0.4 is 0 Å². The van der Waals surface area contributed by atoms with Gasteiger partial charge in [0.25, 0.3) is 0 Å². The van der Waals surface area contributed by atoms with E-state index in [1.54, 1.807) is 0 Å². The summed E-state index contributed by atoms with van der Waals surface area (Å²) < 4.78 is 0. The predicted molar refractivity (Wildman–Crippen MR) is 53.8 cm³/mol. The van der Waals surface area contributed by atoms with Gasteiger partial charge in [0.05, 0.1) is 0 Å². The van der Waals surface area contributed by atoms with Crippen molar-refractivity contribution >= 4 is 5.71 Å². The summed E-state index contributed by atoms with van der Waals surface area (Å²) in [6, 6.07) is 0.273. The van der Waals surface area contributed by atoms with Gasteiger partial charge in [0.2, 0.25) is 0 Å². The molecule has 0 saturated heterocycles. The van der Waals surface area contributed by atoms with Crippen molar-refractivity contribution < 1.29 is 42.0 Å². The Morgan fingerprint density at radius 2 is 1.69 bits per heavy atom. The summed E-state index contributed by atoms with van der Waals surface area (Å²) in [5.41, 5.74) is 0.187. The normalized spacial score (nSPS) is 13.0. The van der Waals surface area contributed by atoms with E-state index in [9.17, 15) is 5.11 Å². The van der Waals surface area contributed by atoms with Gasteiger partial charge in [-0.2, -0.15) is 0 Å². The van der Waals surface area contributed by atoms with E-state index in [0.29, 0.717) is 0 Å². The average molecular weight is 340 g/mol. The van der Waals surface area contributed by atoms with Crippen LogP contribution in [0.5, 0.6) is 0 Å². The molecule has 2 nitrogen and oxygen atoms in total. The van der Waals surface area contributed by atoms with E-state index >= 15 is 0 Å². The Labute approximate surface area is 111 Å². The second kappa shape index (κ2) is 7.19. The van der Waals surface area contributed by atoms with Crippen molar-refractivity contribution in [3.8, 4) is 0 Å². The fourth-order valence-electron chi connectivity index (χ4n) is 1.27. The van der Waals surface area contributed by atoms with E-state index in [0.717, 1.165) is 18.6 Å². The summed E-state index contributed by atoms with van der Waals surface area (Å²) in [4.78, 5) is 4.36. The monoisotopic (exact) mass is 340 g/mol. The fourth-order valence-corrected chi connectivity index (χ4v) is 1.27. The number of aliphatic hydroxyl groups is 1. The van der Waals surface area contributed by atoms with E-state index < -0.39 is 5.60 Å². The van der Waals surface area contributed by atoms with Gasteiger partial charge in [-0.05, 0) is 33.6 Å². The Morgan fingerprint density at radius 1 is 1.31 bits per heavy atom. The molecule has 85 valence electrons. The maximum atomic E-state index is 10.0. The average Bonchev–Trinajstić information content (AvgIpc) is 2.02. The first-order valence-electron chi connectivity index (χ1n) is 4.73. The fraction of sp³-hybridized carbons (Fsp3) is 0.900. The van der Waals surface area contributed by atoms with Crippen LogP contribution in [0.25, 0.3) is 0 Å². The third kappa shape index (κ3) is 5.34. The van der Waals surface area contributed by atoms with Crippen molar-refractivity contribution in [1.29, 1.82) is 0 Å². The molecule has 1 radical (unpaired) electrons. The zero-order chi connectivity index (χ0) is 9.78. The van der Waals surface area contributed by atoms with Crippen LogP contribution in [-0.4, -0.2) is 22.5 Å². The van der Waals surface area contributed by atoms with Gasteiger partial charge < -0.3 is 5.11 Å². The molecule has 3 heteroatoms. The van der Waals surface area contributed by atoms with Crippen LogP contribution in [0.3, 0.4) is 0 Å². The van der Waals surface area contributed by atoms with Gasteiger partial charge in [0.1, 0.15) is 5.60 Å². The summed E-state index contributed by atoms with van der Waals surface area (Å²) >= 11 is 0. The van der Waals surface area contributed by atoms with Crippen LogP contribution in [-0.2, 0) is 0 Å². The Balaban J connectivity index is 0. The maximum Gasteiger partial charge on any atom is 0.101 e. The molecule has 0 fully saturated rings. The summed E-state index contributed by atoms with van der Waals surface area (Å²) in [5, 5.41) is 10.0. The minimum absolute atomic E-state index is 0. The zero-order valence-corrected chi connectivity index (χ0v) is 10.9. The molecule has 0 atom stereocenters. The van der Waals surface area contributed by atoms with Gasteiger partial charge in [-0.1, -0.05) is 13.8 Å². The number of rotatable bonds is 4. The first-order chi connectivity index (χ1) is 5.46. The minimum atomic E-state index is -0.676. The van der Waals surface area contributed by atoms with E-state index in [4.69, 9.17) is 0 Å². The van der Waals surface area contributed by atoms with Crippen LogP contribution in [0.1, 0.15) is 47.5 Å². The Morgan fingerprint density at radius 3 is 1.92 bits per heavy atom. The number of hydrogen-bond donors (Lipinski definition) is 1. The van der Waals surface area contributed by atoms with Crippen molar-refractivity contribution in [3.63, 3.8) is 0 Å². The van der Waals surface area contributed by atoms with E-state index in [1.165, 1.54) is 0 Å². The standard InChI is InChI=1S/C10H21NO.Tm/c1-6-10(12,7-2)9(5)11-8(3)4;/h8,12H,6-7H2,1-5H3;. The van der Waals surface area contributed by atoms with Gasteiger partial charge in [-0.25, -0.2) is 0 Å². The minimum Gasteiger partial charge on any atom is -0.384 e. The first-order valence-corrected chi connectivity index (χ1v) is 4.73. The molecule has 0 aromatic rings. The van der Waals surface area contributed by atoms with E-state index in [1.807, 2.05) is 34.6 Å². The Bertz CT molecular complexity index is 162. The molecule has 0 aliphatic heterocycles. The molecule has 0 bridgehead atoms. The van der Waals surface area contributed by atoms with Crippen molar-refractivity contribution in [1.82, 2.24) is 0 Å². The second-order valence-electron chi connectivity index (χ2n) is 3.55. The maximum absolute atomic E-state index is 10.0. The molecule has 13 heavy (non-hydrogen) atoms. The number of aliphatic imine (C=N–C) groups is 1. The van der Waals surface area contributed by atoms with Gasteiger partial charge in [0, 0.05) is 48.6 Å². The Kier molecular flexibility index (Phi) is 9.02. The molecule has 0 unspecified atom stereocenters. The molecule has 0 aromatic heterocycles. The van der Waals surface area contributed by atoms with Gasteiger partial charge >= 0.3 is 0 Å². The molecular formula is C10H21NOTm. The van der Waals surface area contributed by atoms with Crippen LogP contribution in [0.2, 0.25) is 0 Å². The quantitative estimate of drug-likeness (QED) is 0.784. The van der Waals surface area contributed by atoms with E-state index in [2.05, 4.69) is 4.99 Å². The van der Waals surface area contributed by atoms with Crippen molar-refractivity contribution in [2.24, 2.45) is 4.99 Å². The largest absolute Gasteiger partial charge is 0.384 e. The molecule has 0 aliphatic rings. The van der Waals surface area contributed by atoms with Crippen molar-refractivity contribution in [2.75, 3.05) is 0 Å². The van der Waals surface area contributed by atoms with Crippen LogP contribution in [0, 0.1) is 36.9 Å².